The molecule has 1 aromatic carbocycles. The molecule has 8 nitrogen and oxygen atoms in total. The maximum Gasteiger partial charge on any atom is 0.302 e. The van der Waals surface area contributed by atoms with E-state index >= 15 is 0 Å². The lowest BCUT2D eigenvalue weighted by atomic mass is 10.1. The summed E-state index contributed by atoms with van der Waals surface area (Å²) < 4.78 is 5.44. The number of carbonyl (C=O) groups is 1. The van der Waals surface area contributed by atoms with Crippen molar-refractivity contribution in [3.8, 4) is 0 Å². The van der Waals surface area contributed by atoms with Gasteiger partial charge in [0.1, 0.15) is 6.10 Å². The van der Waals surface area contributed by atoms with Crippen molar-refractivity contribution < 1.29 is 19.4 Å². The molecule has 0 radical (unpaired) electrons. The van der Waals surface area contributed by atoms with Gasteiger partial charge in [-0.05, 0) is 24.3 Å². The summed E-state index contributed by atoms with van der Waals surface area (Å²) in [6.45, 7) is 1.40. The molecule has 5 rings (SSSR count). The van der Waals surface area contributed by atoms with E-state index in [9.17, 15) is 25.0 Å². The molecule has 0 aliphatic heterocycles. The molecule has 4 bridgehead atoms. The number of non-ortho nitro benzene ring substituents is 1. The number of nitrogens with zero attached hydrogens (tertiary/aromatic N) is 2. The van der Waals surface area contributed by atoms with E-state index in [0.29, 0.717) is 22.6 Å². The smallest absolute Gasteiger partial charge is 0.302 e. The summed E-state index contributed by atoms with van der Waals surface area (Å²) in [6, 6.07) is 3.76. The Morgan fingerprint density at radius 1 is 1.21 bits per heavy atom. The highest BCUT2D eigenvalue weighted by Crippen LogP contribution is 2.74. The number of hydrogen-bond donors (Lipinski definition) is 0. The maximum atomic E-state index is 11.3. The third kappa shape index (κ3) is 2.18. The zero-order valence-corrected chi connectivity index (χ0v) is 13.5. The fourth-order valence-electron chi connectivity index (χ4n) is 4.54. The van der Waals surface area contributed by atoms with E-state index in [1.54, 1.807) is 0 Å². The lowest BCUT2D eigenvalue weighted by Gasteiger charge is -2.19. The maximum absolute atomic E-state index is 11.3. The van der Waals surface area contributed by atoms with Gasteiger partial charge in [0.2, 0.25) is 0 Å². The Morgan fingerprint density at radius 3 is 2.54 bits per heavy atom. The molecule has 2 unspecified atom stereocenters. The highest BCUT2D eigenvalue weighted by molar-refractivity contribution is 8.00. The monoisotopic (exact) mass is 350 g/mol. The normalized spacial score (nSPS) is 34.9. The SMILES string of the molecule is CC(=O)O[C@@H]1C2C3[C@@H]2C[C@@H]1[C@@H]3Sc1ccc([N+](=O)[O-])cc1[N+](=O)[O-]. The standard InChI is InChI=1S/C15H14N2O6S/c1-6(18)23-14-9-5-8-12(14)13(8)15(9)24-11-3-2-7(16(19)20)4-10(11)17(21)22/h2-4,8-9,12-15H,5H2,1H3/t8-,9+,12?,13?,14+,15+/m1/s1. The van der Waals surface area contributed by atoms with Crippen LogP contribution >= 0.6 is 11.8 Å². The fourth-order valence-corrected chi connectivity index (χ4v) is 6.22. The zero-order valence-electron chi connectivity index (χ0n) is 12.7. The van der Waals surface area contributed by atoms with Gasteiger partial charge >= 0.3 is 5.97 Å². The molecule has 0 spiro atoms. The molecule has 4 fully saturated rings. The Balaban J connectivity index is 1.58. The van der Waals surface area contributed by atoms with Crippen molar-refractivity contribution in [2.45, 2.75) is 29.6 Å². The van der Waals surface area contributed by atoms with E-state index in [1.165, 1.54) is 30.8 Å². The number of thioether (sulfide) groups is 1. The predicted molar refractivity (Wildman–Crippen MR) is 83.5 cm³/mol. The molecule has 4 aliphatic carbocycles. The molecule has 0 heterocycles. The van der Waals surface area contributed by atoms with Crippen molar-refractivity contribution in [1.82, 2.24) is 0 Å². The molecule has 126 valence electrons. The third-order valence-corrected chi connectivity index (χ3v) is 6.89. The minimum absolute atomic E-state index is 0.0768. The first kappa shape index (κ1) is 15.4. The lowest BCUT2D eigenvalue weighted by Crippen LogP contribution is -2.23. The van der Waals surface area contributed by atoms with E-state index in [4.69, 9.17) is 4.74 Å². The van der Waals surface area contributed by atoms with Crippen LogP contribution in [0, 0.1) is 43.9 Å². The second-order valence-corrected chi connectivity index (χ2v) is 7.76. The van der Waals surface area contributed by atoms with Gasteiger partial charge in [0.05, 0.1) is 20.8 Å². The van der Waals surface area contributed by atoms with E-state index in [0.717, 1.165) is 12.5 Å². The summed E-state index contributed by atoms with van der Waals surface area (Å²) in [4.78, 5) is 32.6. The Bertz CT molecular complexity index is 768. The first-order valence-corrected chi connectivity index (χ1v) is 8.53. The molecule has 6 atom stereocenters. The van der Waals surface area contributed by atoms with Gasteiger partial charge in [0.25, 0.3) is 11.4 Å². The van der Waals surface area contributed by atoms with Crippen LogP contribution in [0.15, 0.2) is 23.1 Å². The number of nitro groups is 2. The molecule has 0 saturated heterocycles. The highest BCUT2D eigenvalue weighted by Gasteiger charge is 2.75. The average Bonchev–Trinajstić information content (AvgIpc) is 2.77. The van der Waals surface area contributed by atoms with Crippen LogP contribution in [0.25, 0.3) is 0 Å². The molecule has 4 aliphatic rings. The summed E-state index contributed by atoms with van der Waals surface area (Å²) in [5.41, 5.74) is -0.525. The quantitative estimate of drug-likeness (QED) is 0.456. The van der Waals surface area contributed by atoms with Gasteiger partial charge in [-0.15, -0.1) is 11.8 Å². The number of nitro benzene ring substituents is 2. The molecule has 1 aromatic rings. The predicted octanol–water partition coefficient (Wildman–Crippen LogP) is 2.79. The van der Waals surface area contributed by atoms with Crippen LogP contribution < -0.4 is 0 Å². The van der Waals surface area contributed by atoms with Gasteiger partial charge in [0.15, 0.2) is 0 Å². The highest BCUT2D eigenvalue weighted by atomic mass is 32.2. The average molecular weight is 350 g/mol. The zero-order chi connectivity index (χ0) is 17.2. The molecule has 0 N–H and O–H groups in total. The summed E-state index contributed by atoms with van der Waals surface area (Å²) in [6.07, 6.45) is 0.915. The van der Waals surface area contributed by atoms with Crippen molar-refractivity contribution in [3.63, 3.8) is 0 Å². The van der Waals surface area contributed by atoms with E-state index in [-0.39, 0.29) is 34.6 Å². The Hall–Kier alpha value is -2.16. The number of benzene rings is 1. The number of carbonyl (C=O) groups excluding carboxylic acids is 1. The van der Waals surface area contributed by atoms with Crippen LogP contribution in [-0.2, 0) is 9.53 Å². The fraction of sp³-hybridized carbons (Fsp3) is 0.533. The lowest BCUT2D eigenvalue weighted by molar-refractivity contribution is -0.396. The molecule has 0 aromatic heterocycles. The largest absolute Gasteiger partial charge is 0.462 e. The minimum Gasteiger partial charge on any atom is -0.462 e. The van der Waals surface area contributed by atoms with Crippen LogP contribution in [0.1, 0.15) is 13.3 Å². The first-order valence-electron chi connectivity index (χ1n) is 7.65. The van der Waals surface area contributed by atoms with Gasteiger partial charge < -0.3 is 4.74 Å². The number of hydrogen-bond acceptors (Lipinski definition) is 7. The van der Waals surface area contributed by atoms with Crippen molar-refractivity contribution in [1.29, 1.82) is 0 Å². The van der Waals surface area contributed by atoms with Crippen molar-refractivity contribution in [3.05, 3.63) is 38.4 Å². The molecule has 0 amide bonds. The Labute approximate surface area is 140 Å². The van der Waals surface area contributed by atoms with Crippen molar-refractivity contribution in [2.24, 2.45) is 23.7 Å². The van der Waals surface area contributed by atoms with Crippen molar-refractivity contribution >= 4 is 29.1 Å². The van der Waals surface area contributed by atoms with Crippen LogP contribution in [0.5, 0.6) is 0 Å². The summed E-state index contributed by atoms with van der Waals surface area (Å²) in [5.74, 6) is 1.29. The van der Waals surface area contributed by atoms with Crippen LogP contribution in [0.3, 0.4) is 0 Å². The number of esters is 1. The molecule has 9 heteroatoms. The molecular weight excluding hydrogens is 336 g/mol. The molecular formula is C15H14N2O6S. The second-order valence-electron chi connectivity index (χ2n) is 6.54. The van der Waals surface area contributed by atoms with Gasteiger partial charge in [-0.3, -0.25) is 25.0 Å². The van der Waals surface area contributed by atoms with Crippen molar-refractivity contribution in [2.75, 3.05) is 0 Å². The number of ether oxygens (including phenoxy) is 1. The van der Waals surface area contributed by atoms with E-state index in [1.807, 2.05) is 0 Å². The minimum atomic E-state index is -0.637. The second kappa shape index (κ2) is 5.17. The molecule has 24 heavy (non-hydrogen) atoms. The van der Waals surface area contributed by atoms with Gasteiger partial charge in [-0.25, -0.2) is 0 Å². The Morgan fingerprint density at radius 2 is 1.96 bits per heavy atom. The Kier molecular flexibility index (Phi) is 3.31. The van der Waals surface area contributed by atoms with Gasteiger partial charge in [0, 0.05) is 30.1 Å². The summed E-state index contributed by atoms with van der Waals surface area (Å²) >= 11 is 1.40. The molecule has 4 saturated carbocycles. The number of rotatable bonds is 5. The van der Waals surface area contributed by atoms with Gasteiger partial charge in [-0.1, -0.05) is 0 Å². The van der Waals surface area contributed by atoms with E-state index in [2.05, 4.69) is 0 Å². The third-order valence-electron chi connectivity index (χ3n) is 5.35. The first-order chi connectivity index (χ1) is 11.4. The van der Waals surface area contributed by atoms with Crippen LogP contribution in [-0.4, -0.2) is 27.2 Å². The topological polar surface area (TPSA) is 113 Å². The van der Waals surface area contributed by atoms with E-state index < -0.39 is 9.85 Å². The van der Waals surface area contributed by atoms with Gasteiger partial charge in [-0.2, -0.15) is 0 Å². The summed E-state index contributed by atoms with van der Waals surface area (Å²) in [7, 11) is 0. The van der Waals surface area contributed by atoms with Crippen LogP contribution in [0.2, 0.25) is 0 Å². The van der Waals surface area contributed by atoms with Crippen LogP contribution in [0.4, 0.5) is 11.4 Å². The summed E-state index contributed by atoms with van der Waals surface area (Å²) in [5, 5.41) is 22.3.